The van der Waals surface area contributed by atoms with Gasteiger partial charge in [0.05, 0.1) is 17.6 Å². The second-order valence-electron chi connectivity index (χ2n) is 5.56. The fraction of sp³-hybridized carbons (Fsp3) is 0.176. The molecule has 0 saturated carbocycles. The molecule has 1 aromatic carbocycles. The summed E-state index contributed by atoms with van der Waals surface area (Å²) in [7, 11) is 0. The number of fused-ring (bicyclic) bond motifs is 3. The number of aryl methyl sites for hydroxylation is 2. The summed E-state index contributed by atoms with van der Waals surface area (Å²) < 4.78 is 1.47. The van der Waals surface area contributed by atoms with Gasteiger partial charge >= 0.3 is 5.97 Å². The van der Waals surface area contributed by atoms with Crippen LogP contribution in [0.4, 0.5) is 0 Å². The average molecular weight is 306 g/mol. The van der Waals surface area contributed by atoms with Crippen molar-refractivity contribution in [2.45, 2.75) is 19.8 Å². The fourth-order valence-corrected chi connectivity index (χ4v) is 2.98. The summed E-state index contributed by atoms with van der Waals surface area (Å²) in [5, 5.41) is 13.3. The second-order valence-corrected chi connectivity index (χ2v) is 5.56. The minimum Gasteiger partial charge on any atom is -0.478 e. The highest BCUT2D eigenvalue weighted by atomic mass is 16.4. The van der Waals surface area contributed by atoms with Crippen molar-refractivity contribution in [1.29, 1.82) is 0 Å². The number of aromatic carboxylic acids is 1. The lowest BCUT2D eigenvalue weighted by Crippen LogP contribution is -2.12. The molecule has 1 N–H and O–H groups in total. The maximum atomic E-state index is 11.2. The van der Waals surface area contributed by atoms with E-state index in [0.717, 1.165) is 29.7 Å². The van der Waals surface area contributed by atoms with Gasteiger partial charge in [-0.05, 0) is 30.9 Å². The number of carboxylic acid groups (broad SMARTS) is 1. The third-order valence-corrected chi connectivity index (χ3v) is 4.22. The predicted molar refractivity (Wildman–Crippen MR) is 83.7 cm³/mol. The average Bonchev–Trinajstić information content (AvgIpc) is 2.96. The molecule has 0 fully saturated rings. The van der Waals surface area contributed by atoms with Crippen LogP contribution in [0.2, 0.25) is 0 Å². The van der Waals surface area contributed by atoms with Crippen molar-refractivity contribution in [2.75, 3.05) is 0 Å². The highest BCUT2D eigenvalue weighted by Gasteiger charge is 2.20. The van der Waals surface area contributed by atoms with Gasteiger partial charge in [0.1, 0.15) is 5.56 Å². The molecule has 1 aliphatic rings. The highest BCUT2D eigenvalue weighted by molar-refractivity contribution is 5.88. The minimum atomic E-state index is -1.00. The number of benzene rings is 1. The van der Waals surface area contributed by atoms with Gasteiger partial charge in [0.2, 0.25) is 0 Å². The topological polar surface area (TPSA) is 80.9 Å². The Labute approximate surface area is 132 Å². The van der Waals surface area contributed by atoms with Crippen LogP contribution in [-0.4, -0.2) is 30.8 Å². The van der Waals surface area contributed by atoms with Gasteiger partial charge in [0, 0.05) is 11.8 Å². The molecule has 0 unspecified atom stereocenters. The van der Waals surface area contributed by atoms with Crippen molar-refractivity contribution in [2.24, 2.45) is 0 Å². The Balaban J connectivity index is 1.87. The number of hydrogen-bond acceptors (Lipinski definition) is 4. The second kappa shape index (κ2) is 5.01. The molecule has 0 spiro atoms. The molecule has 6 nitrogen and oxygen atoms in total. The van der Waals surface area contributed by atoms with Gasteiger partial charge < -0.3 is 5.11 Å². The molecule has 6 heteroatoms. The van der Waals surface area contributed by atoms with Gasteiger partial charge in [0.15, 0.2) is 0 Å². The largest absolute Gasteiger partial charge is 0.478 e. The zero-order valence-electron chi connectivity index (χ0n) is 12.5. The Morgan fingerprint density at radius 3 is 2.74 bits per heavy atom. The number of rotatable bonds is 2. The van der Waals surface area contributed by atoms with Crippen molar-refractivity contribution < 1.29 is 9.90 Å². The number of nitrogens with zero attached hydrogens (tertiary/aromatic N) is 4. The summed E-state index contributed by atoms with van der Waals surface area (Å²) in [6.45, 7) is 1.70. The molecule has 0 saturated heterocycles. The van der Waals surface area contributed by atoms with E-state index >= 15 is 0 Å². The molecule has 23 heavy (non-hydrogen) atoms. The van der Waals surface area contributed by atoms with Crippen LogP contribution in [-0.2, 0) is 12.8 Å². The van der Waals surface area contributed by atoms with Gasteiger partial charge in [-0.25, -0.2) is 19.4 Å². The van der Waals surface area contributed by atoms with E-state index < -0.39 is 5.97 Å². The summed E-state index contributed by atoms with van der Waals surface area (Å²) in [6.07, 6.45) is 5.03. The van der Waals surface area contributed by atoms with Crippen molar-refractivity contribution in [3.63, 3.8) is 0 Å². The van der Waals surface area contributed by atoms with E-state index in [1.54, 1.807) is 6.92 Å². The molecule has 114 valence electrons. The van der Waals surface area contributed by atoms with Crippen molar-refractivity contribution in [3.05, 3.63) is 59.0 Å². The molecule has 0 bridgehead atoms. The highest BCUT2D eigenvalue weighted by Crippen LogP contribution is 2.31. The van der Waals surface area contributed by atoms with Gasteiger partial charge in [0.25, 0.3) is 5.95 Å². The third-order valence-electron chi connectivity index (χ3n) is 4.22. The zero-order valence-corrected chi connectivity index (χ0v) is 12.5. The van der Waals surface area contributed by atoms with Gasteiger partial charge in [-0.15, -0.1) is 0 Å². The Hall–Kier alpha value is -3.02. The fourth-order valence-electron chi connectivity index (χ4n) is 2.98. The van der Waals surface area contributed by atoms with Crippen LogP contribution in [0.3, 0.4) is 0 Å². The zero-order chi connectivity index (χ0) is 16.0. The van der Waals surface area contributed by atoms with Crippen LogP contribution in [0.15, 0.2) is 36.7 Å². The molecule has 0 radical (unpaired) electrons. The van der Waals surface area contributed by atoms with E-state index in [2.05, 4.69) is 27.2 Å². The van der Waals surface area contributed by atoms with E-state index in [4.69, 9.17) is 5.11 Å². The van der Waals surface area contributed by atoms with E-state index in [-0.39, 0.29) is 5.56 Å². The van der Waals surface area contributed by atoms with Crippen LogP contribution in [0.5, 0.6) is 0 Å². The molecule has 2 heterocycles. The Morgan fingerprint density at radius 1 is 1.17 bits per heavy atom. The molecule has 2 aromatic heterocycles. The SMILES string of the molecule is Cc1c(C(=O)O)cnn1-c1ncc2c(n1)-c1ccccc1CC2. The summed E-state index contributed by atoms with van der Waals surface area (Å²) in [6, 6.07) is 8.20. The van der Waals surface area contributed by atoms with E-state index in [0.29, 0.717) is 11.6 Å². The molecule has 4 rings (SSSR count). The van der Waals surface area contributed by atoms with Gasteiger partial charge in [-0.1, -0.05) is 24.3 Å². The van der Waals surface area contributed by atoms with Crippen LogP contribution in [0.25, 0.3) is 17.2 Å². The predicted octanol–water partition coefficient (Wildman–Crippen LogP) is 2.43. The van der Waals surface area contributed by atoms with Crippen molar-refractivity contribution in [3.8, 4) is 17.2 Å². The van der Waals surface area contributed by atoms with Crippen LogP contribution in [0, 0.1) is 6.92 Å². The van der Waals surface area contributed by atoms with Crippen LogP contribution >= 0.6 is 0 Å². The molecule has 1 aliphatic carbocycles. The third kappa shape index (κ3) is 2.11. The number of carbonyl (C=O) groups is 1. The standard InChI is InChI=1S/C17H14N4O2/c1-10-14(16(22)23)9-19-21(10)17-18-8-12-7-6-11-4-2-3-5-13(11)15(12)20-17/h2-5,8-9H,6-7H2,1H3,(H,22,23). The quantitative estimate of drug-likeness (QED) is 0.786. The first-order valence-corrected chi connectivity index (χ1v) is 7.37. The number of aromatic nitrogens is 4. The molecule has 0 atom stereocenters. The first-order valence-electron chi connectivity index (χ1n) is 7.37. The molecule has 0 amide bonds. The lowest BCUT2D eigenvalue weighted by atomic mass is 9.90. The molecule has 0 aliphatic heterocycles. The molecular weight excluding hydrogens is 292 g/mol. The number of hydrogen-bond donors (Lipinski definition) is 1. The maximum absolute atomic E-state index is 11.2. The Kier molecular flexibility index (Phi) is 2.97. The Morgan fingerprint density at radius 2 is 1.96 bits per heavy atom. The lowest BCUT2D eigenvalue weighted by Gasteiger charge is -2.18. The number of carboxylic acids is 1. The first kappa shape index (κ1) is 13.6. The lowest BCUT2D eigenvalue weighted by molar-refractivity contribution is 0.0696. The monoisotopic (exact) mass is 306 g/mol. The Bertz CT molecular complexity index is 930. The first-order chi connectivity index (χ1) is 11.1. The normalized spacial score (nSPS) is 12.6. The minimum absolute atomic E-state index is 0.159. The molecular formula is C17H14N4O2. The summed E-state index contributed by atoms with van der Waals surface area (Å²) in [5.41, 5.74) is 5.07. The van der Waals surface area contributed by atoms with Crippen molar-refractivity contribution >= 4 is 5.97 Å². The van der Waals surface area contributed by atoms with E-state index in [1.807, 2.05) is 18.3 Å². The smallest absolute Gasteiger partial charge is 0.339 e. The maximum Gasteiger partial charge on any atom is 0.339 e. The van der Waals surface area contributed by atoms with Gasteiger partial charge in [-0.2, -0.15) is 5.10 Å². The van der Waals surface area contributed by atoms with Crippen molar-refractivity contribution in [1.82, 2.24) is 19.7 Å². The summed E-state index contributed by atoms with van der Waals surface area (Å²) in [5.74, 6) is -0.609. The van der Waals surface area contributed by atoms with Crippen LogP contribution in [0.1, 0.15) is 27.2 Å². The van der Waals surface area contributed by atoms with E-state index in [9.17, 15) is 4.79 Å². The summed E-state index contributed by atoms with van der Waals surface area (Å²) in [4.78, 5) is 20.2. The van der Waals surface area contributed by atoms with E-state index in [1.165, 1.54) is 16.4 Å². The van der Waals surface area contributed by atoms with Crippen LogP contribution < -0.4 is 0 Å². The summed E-state index contributed by atoms with van der Waals surface area (Å²) >= 11 is 0. The van der Waals surface area contributed by atoms with Gasteiger partial charge in [-0.3, -0.25) is 0 Å². The molecule has 3 aromatic rings.